The highest BCUT2D eigenvalue weighted by atomic mass is 16.3. The van der Waals surface area contributed by atoms with Crippen molar-refractivity contribution >= 4 is 28.8 Å². The Labute approximate surface area is 159 Å². The number of aliphatic imine (C=N–C) groups is 1. The largest absolute Gasteiger partial charge is 0.462 e. The zero-order chi connectivity index (χ0) is 18.6. The molecule has 2 aromatic rings. The van der Waals surface area contributed by atoms with Gasteiger partial charge in [-0.05, 0) is 31.7 Å². The number of nitrogens with zero attached hydrogens (tertiary/aromatic N) is 4. The normalized spacial score (nSPS) is 22.1. The third kappa shape index (κ3) is 3.98. The lowest BCUT2D eigenvalue weighted by atomic mass is 10.0. The fourth-order valence-corrected chi connectivity index (χ4v) is 4.16. The number of amides is 1. The third-order valence-corrected chi connectivity index (χ3v) is 5.60. The Morgan fingerprint density at radius 3 is 3.00 bits per heavy atom. The SMILES string of the molecule is CN=C[C@@H]1CCCN1C(=O)CN1CCC(Nc2cncc3ccoc23)CC1. The summed E-state index contributed by atoms with van der Waals surface area (Å²) in [5.41, 5.74) is 1.81. The Bertz CT molecular complexity index is 810. The van der Waals surface area contributed by atoms with Crippen LogP contribution in [-0.4, -0.2) is 72.2 Å². The molecule has 4 heterocycles. The number of furan rings is 1. The Balaban J connectivity index is 1.29. The van der Waals surface area contributed by atoms with E-state index in [-0.39, 0.29) is 11.9 Å². The highest BCUT2D eigenvalue weighted by Crippen LogP contribution is 2.25. The van der Waals surface area contributed by atoms with E-state index in [2.05, 4.69) is 20.2 Å². The van der Waals surface area contributed by atoms with Gasteiger partial charge in [0, 0.05) is 50.5 Å². The Kier molecular flexibility index (Phi) is 5.38. The zero-order valence-electron chi connectivity index (χ0n) is 15.8. The van der Waals surface area contributed by atoms with Crippen LogP contribution in [0.15, 0.2) is 34.1 Å². The lowest BCUT2D eigenvalue weighted by molar-refractivity contribution is -0.132. The number of hydrogen-bond acceptors (Lipinski definition) is 6. The van der Waals surface area contributed by atoms with Crippen LogP contribution >= 0.6 is 0 Å². The molecular formula is C20H27N5O2. The van der Waals surface area contributed by atoms with Crippen molar-refractivity contribution in [2.75, 3.05) is 38.5 Å². The van der Waals surface area contributed by atoms with Crippen molar-refractivity contribution in [1.82, 2.24) is 14.8 Å². The van der Waals surface area contributed by atoms with Crippen LogP contribution in [0.2, 0.25) is 0 Å². The van der Waals surface area contributed by atoms with Gasteiger partial charge in [0.2, 0.25) is 5.91 Å². The number of anilines is 1. The molecule has 2 fully saturated rings. The Morgan fingerprint density at radius 1 is 1.33 bits per heavy atom. The molecule has 0 unspecified atom stereocenters. The van der Waals surface area contributed by atoms with Gasteiger partial charge in [-0.1, -0.05) is 0 Å². The number of piperidine rings is 1. The molecule has 2 aliphatic heterocycles. The molecule has 2 aliphatic rings. The summed E-state index contributed by atoms with van der Waals surface area (Å²) in [5.74, 6) is 0.230. The summed E-state index contributed by atoms with van der Waals surface area (Å²) >= 11 is 0. The molecule has 0 spiro atoms. The number of aromatic nitrogens is 1. The zero-order valence-corrected chi connectivity index (χ0v) is 15.8. The highest BCUT2D eigenvalue weighted by Gasteiger charge is 2.29. The summed E-state index contributed by atoms with van der Waals surface area (Å²) in [7, 11) is 1.78. The monoisotopic (exact) mass is 369 g/mol. The fourth-order valence-electron chi connectivity index (χ4n) is 4.16. The first-order valence-corrected chi connectivity index (χ1v) is 9.76. The molecule has 0 saturated carbocycles. The number of fused-ring (bicyclic) bond motifs is 1. The van der Waals surface area contributed by atoms with E-state index >= 15 is 0 Å². The van der Waals surface area contributed by atoms with E-state index in [0.717, 1.165) is 62.0 Å². The topological polar surface area (TPSA) is 74.0 Å². The third-order valence-electron chi connectivity index (χ3n) is 5.60. The van der Waals surface area contributed by atoms with Crippen LogP contribution < -0.4 is 5.32 Å². The summed E-state index contributed by atoms with van der Waals surface area (Å²) in [6.45, 7) is 3.21. The minimum absolute atomic E-state index is 0.183. The first-order chi connectivity index (χ1) is 13.2. The summed E-state index contributed by atoms with van der Waals surface area (Å²) in [5, 5.41) is 4.58. The van der Waals surface area contributed by atoms with Gasteiger partial charge in [-0.15, -0.1) is 0 Å². The van der Waals surface area contributed by atoms with Crippen molar-refractivity contribution < 1.29 is 9.21 Å². The number of hydrogen-bond donors (Lipinski definition) is 1. The molecule has 0 aliphatic carbocycles. The van der Waals surface area contributed by atoms with Crippen molar-refractivity contribution in [3.8, 4) is 0 Å². The van der Waals surface area contributed by atoms with Gasteiger partial charge < -0.3 is 14.6 Å². The van der Waals surface area contributed by atoms with Gasteiger partial charge >= 0.3 is 0 Å². The van der Waals surface area contributed by atoms with Crippen LogP contribution in [0.25, 0.3) is 11.0 Å². The van der Waals surface area contributed by atoms with Gasteiger partial charge in [-0.25, -0.2) is 0 Å². The molecule has 0 bridgehead atoms. The maximum absolute atomic E-state index is 12.7. The molecule has 0 aromatic carbocycles. The molecule has 1 atom stereocenters. The smallest absolute Gasteiger partial charge is 0.237 e. The van der Waals surface area contributed by atoms with Gasteiger partial charge in [0.05, 0.1) is 30.7 Å². The van der Waals surface area contributed by atoms with Crippen LogP contribution in [0, 0.1) is 0 Å². The van der Waals surface area contributed by atoms with E-state index in [4.69, 9.17) is 4.42 Å². The van der Waals surface area contributed by atoms with Crippen LogP contribution in [-0.2, 0) is 4.79 Å². The summed E-state index contributed by atoms with van der Waals surface area (Å²) in [6.07, 6.45) is 11.3. The molecule has 2 saturated heterocycles. The fraction of sp³-hybridized carbons (Fsp3) is 0.550. The van der Waals surface area contributed by atoms with Crippen LogP contribution in [0.4, 0.5) is 5.69 Å². The molecule has 7 heteroatoms. The van der Waals surface area contributed by atoms with E-state index < -0.39 is 0 Å². The second-order valence-corrected chi connectivity index (χ2v) is 7.42. The second kappa shape index (κ2) is 8.08. The van der Waals surface area contributed by atoms with E-state index in [0.29, 0.717) is 12.6 Å². The van der Waals surface area contributed by atoms with Gasteiger partial charge in [0.1, 0.15) is 0 Å². The summed E-state index contributed by atoms with van der Waals surface area (Å²) in [4.78, 5) is 25.3. The van der Waals surface area contributed by atoms with Gasteiger partial charge in [-0.3, -0.25) is 19.7 Å². The average Bonchev–Trinajstić information content (AvgIpc) is 3.33. The predicted octanol–water partition coefficient (Wildman–Crippen LogP) is 2.40. The van der Waals surface area contributed by atoms with Crippen molar-refractivity contribution in [1.29, 1.82) is 0 Å². The van der Waals surface area contributed by atoms with Crippen molar-refractivity contribution in [3.05, 3.63) is 24.7 Å². The van der Waals surface area contributed by atoms with E-state index in [9.17, 15) is 4.79 Å². The molecule has 1 amide bonds. The van der Waals surface area contributed by atoms with Crippen LogP contribution in [0.1, 0.15) is 25.7 Å². The second-order valence-electron chi connectivity index (χ2n) is 7.42. The molecule has 7 nitrogen and oxygen atoms in total. The minimum atomic E-state index is 0.183. The predicted molar refractivity (Wildman–Crippen MR) is 106 cm³/mol. The molecular weight excluding hydrogens is 342 g/mol. The maximum atomic E-state index is 12.7. The average molecular weight is 369 g/mol. The summed E-state index contributed by atoms with van der Waals surface area (Å²) < 4.78 is 5.58. The molecule has 2 aromatic heterocycles. The number of rotatable bonds is 5. The maximum Gasteiger partial charge on any atom is 0.237 e. The first kappa shape index (κ1) is 18.0. The van der Waals surface area contributed by atoms with E-state index in [1.807, 2.05) is 29.6 Å². The first-order valence-electron chi connectivity index (χ1n) is 9.76. The van der Waals surface area contributed by atoms with E-state index in [1.165, 1.54) is 0 Å². The van der Waals surface area contributed by atoms with Crippen molar-refractivity contribution in [3.63, 3.8) is 0 Å². The van der Waals surface area contributed by atoms with Crippen LogP contribution in [0.3, 0.4) is 0 Å². The van der Waals surface area contributed by atoms with E-state index in [1.54, 1.807) is 13.3 Å². The van der Waals surface area contributed by atoms with Gasteiger partial charge in [-0.2, -0.15) is 0 Å². The standard InChI is InChI=1S/C20H27N5O2/c1-21-12-17-3-2-7-25(17)19(26)14-24-8-4-16(5-9-24)23-18-13-22-11-15-6-10-27-20(15)18/h6,10-13,16-17,23H,2-5,7-9,14H2,1H3/t17-/m0/s1. The number of likely N-dealkylation sites (tertiary alicyclic amines) is 2. The number of carbonyl (C=O) groups is 1. The molecule has 144 valence electrons. The minimum Gasteiger partial charge on any atom is -0.462 e. The van der Waals surface area contributed by atoms with Crippen LogP contribution in [0.5, 0.6) is 0 Å². The molecule has 0 radical (unpaired) electrons. The number of carbonyl (C=O) groups excluding carboxylic acids is 1. The summed E-state index contributed by atoms with van der Waals surface area (Å²) in [6, 6.07) is 2.49. The van der Waals surface area contributed by atoms with Gasteiger partial charge in [0.15, 0.2) is 5.58 Å². The Morgan fingerprint density at radius 2 is 2.19 bits per heavy atom. The quantitative estimate of drug-likeness (QED) is 0.819. The number of nitrogens with one attached hydrogen (secondary N) is 1. The molecule has 4 rings (SSSR count). The lowest BCUT2D eigenvalue weighted by Crippen LogP contribution is -2.47. The van der Waals surface area contributed by atoms with Crippen molar-refractivity contribution in [2.45, 2.75) is 37.8 Å². The molecule has 1 N–H and O–H groups in total. The molecule has 27 heavy (non-hydrogen) atoms. The number of pyridine rings is 1. The Hall–Kier alpha value is -2.41. The van der Waals surface area contributed by atoms with Gasteiger partial charge in [0.25, 0.3) is 0 Å². The lowest BCUT2D eigenvalue weighted by Gasteiger charge is -2.33. The highest BCUT2D eigenvalue weighted by molar-refractivity contribution is 5.87. The van der Waals surface area contributed by atoms with Crippen molar-refractivity contribution in [2.24, 2.45) is 4.99 Å².